The van der Waals surface area contributed by atoms with Crippen molar-refractivity contribution in [3.63, 3.8) is 0 Å². The summed E-state index contributed by atoms with van der Waals surface area (Å²) in [6.45, 7) is 10.9. The van der Waals surface area contributed by atoms with Gasteiger partial charge >= 0.3 is 0 Å². The summed E-state index contributed by atoms with van der Waals surface area (Å²) in [6.07, 6.45) is 6.01. The van der Waals surface area contributed by atoms with E-state index in [9.17, 15) is 0 Å². The molecule has 0 aliphatic carbocycles. The second-order valence-corrected chi connectivity index (χ2v) is 6.22. The molecule has 0 saturated carbocycles. The maximum Gasteiger partial charge on any atom is 0.152 e. The predicted octanol–water partition coefficient (Wildman–Crippen LogP) is 3.63. The number of fused-ring (bicyclic) bond motifs is 1. The summed E-state index contributed by atoms with van der Waals surface area (Å²) >= 11 is 0. The molecule has 0 spiro atoms. The SMILES string of the molecule is CCCC(C)Nc1nccn2nc(C(C)(C)C)cc12. The van der Waals surface area contributed by atoms with Crippen molar-refractivity contribution in [2.24, 2.45) is 0 Å². The van der Waals surface area contributed by atoms with Crippen molar-refractivity contribution >= 4 is 11.3 Å². The molecule has 4 nitrogen and oxygen atoms in total. The molecule has 1 N–H and O–H groups in total. The van der Waals surface area contributed by atoms with Crippen molar-refractivity contribution in [1.29, 1.82) is 0 Å². The summed E-state index contributed by atoms with van der Waals surface area (Å²) in [6, 6.07) is 2.56. The number of nitrogens with zero attached hydrogens (tertiary/aromatic N) is 3. The molecule has 0 fully saturated rings. The number of aromatic nitrogens is 3. The second kappa shape index (κ2) is 5.19. The van der Waals surface area contributed by atoms with Crippen molar-refractivity contribution in [2.75, 3.05) is 5.32 Å². The summed E-state index contributed by atoms with van der Waals surface area (Å²) in [5, 5.41) is 8.11. The van der Waals surface area contributed by atoms with Gasteiger partial charge in [-0.2, -0.15) is 5.10 Å². The highest BCUT2D eigenvalue weighted by atomic mass is 15.2. The van der Waals surface area contributed by atoms with Gasteiger partial charge in [-0.25, -0.2) is 9.50 Å². The lowest BCUT2D eigenvalue weighted by Crippen LogP contribution is -2.16. The smallest absolute Gasteiger partial charge is 0.152 e. The number of nitrogens with one attached hydrogen (secondary N) is 1. The predicted molar refractivity (Wildman–Crippen MR) is 79.7 cm³/mol. The summed E-state index contributed by atoms with van der Waals surface area (Å²) in [5.41, 5.74) is 2.19. The number of rotatable bonds is 4. The maximum atomic E-state index is 4.63. The van der Waals surface area contributed by atoms with Crippen LogP contribution in [0.4, 0.5) is 5.82 Å². The molecule has 0 aliphatic heterocycles. The molecule has 1 unspecified atom stereocenters. The van der Waals surface area contributed by atoms with E-state index in [1.165, 1.54) is 6.42 Å². The Kier molecular flexibility index (Phi) is 3.78. The Hall–Kier alpha value is -1.58. The molecule has 1 atom stereocenters. The van der Waals surface area contributed by atoms with Gasteiger partial charge in [-0.1, -0.05) is 34.1 Å². The van der Waals surface area contributed by atoms with Gasteiger partial charge in [0.15, 0.2) is 5.82 Å². The Bertz CT molecular complexity index is 551. The molecule has 2 aromatic heterocycles. The molecule has 4 heteroatoms. The fourth-order valence-electron chi connectivity index (χ4n) is 2.14. The van der Waals surface area contributed by atoms with Crippen LogP contribution in [0.5, 0.6) is 0 Å². The molecule has 0 amide bonds. The topological polar surface area (TPSA) is 42.2 Å². The van der Waals surface area contributed by atoms with Gasteiger partial charge in [0.1, 0.15) is 5.52 Å². The molecule has 2 aromatic rings. The van der Waals surface area contributed by atoms with Crippen LogP contribution in [-0.2, 0) is 5.41 Å². The Balaban J connectivity index is 2.37. The lowest BCUT2D eigenvalue weighted by atomic mass is 9.92. The maximum absolute atomic E-state index is 4.63. The van der Waals surface area contributed by atoms with Crippen LogP contribution in [0.2, 0.25) is 0 Å². The number of anilines is 1. The highest BCUT2D eigenvalue weighted by molar-refractivity contribution is 5.68. The minimum Gasteiger partial charge on any atom is -0.366 e. The molecule has 104 valence electrons. The summed E-state index contributed by atoms with van der Waals surface area (Å²) in [7, 11) is 0. The van der Waals surface area contributed by atoms with E-state index in [0.717, 1.165) is 23.4 Å². The Labute approximate surface area is 115 Å². The molecule has 0 radical (unpaired) electrons. The first-order chi connectivity index (χ1) is 8.91. The van der Waals surface area contributed by atoms with E-state index < -0.39 is 0 Å². The zero-order chi connectivity index (χ0) is 14.0. The van der Waals surface area contributed by atoms with Crippen LogP contribution in [0.25, 0.3) is 5.52 Å². The molecule has 2 heterocycles. The third-order valence-electron chi connectivity index (χ3n) is 3.26. The van der Waals surface area contributed by atoms with Crippen LogP contribution in [0.1, 0.15) is 53.2 Å². The van der Waals surface area contributed by atoms with Crippen LogP contribution >= 0.6 is 0 Å². The van der Waals surface area contributed by atoms with E-state index in [1.54, 1.807) is 6.20 Å². The third-order valence-corrected chi connectivity index (χ3v) is 3.26. The van der Waals surface area contributed by atoms with Gasteiger partial charge in [-0.05, 0) is 19.4 Å². The first-order valence-electron chi connectivity index (χ1n) is 7.03. The highest BCUT2D eigenvalue weighted by Gasteiger charge is 2.19. The molecule has 19 heavy (non-hydrogen) atoms. The zero-order valence-electron chi connectivity index (χ0n) is 12.6. The lowest BCUT2D eigenvalue weighted by Gasteiger charge is -2.14. The van der Waals surface area contributed by atoms with Crippen molar-refractivity contribution in [3.8, 4) is 0 Å². The van der Waals surface area contributed by atoms with Gasteiger partial charge < -0.3 is 5.32 Å². The minimum absolute atomic E-state index is 0.0539. The second-order valence-electron chi connectivity index (χ2n) is 6.22. The van der Waals surface area contributed by atoms with Crippen molar-refractivity contribution in [2.45, 2.75) is 58.9 Å². The molecular formula is C15H24N4. The van der Waals surface area contributed by atoms with Crippen LogP contribution in [0, 0.1) is 0 Å². The first-order valence-corrected chi connectivity index (χ1v) is 7.03. The van der Waals surface area contributed by atoms with Crippen molar-refractivity contribution in [1.82, 2.24) is 14.6 Å². The standard InChI is InChI=1S/C15H24N4/c1-6-7-11(2)17-14-12-10-13(15(3,4)5)18-19(12)9-8-16-14/h8-11H,6-7H2,1-5H3,(H,16,17). The molecule has 0 bridgehead atoms. The van der Waals surface area contributed by atoms with Crippen molar-refractivity contribution in [3.05, 3.63) is 24.2 Å². The van der Waals surface area contributed by atoms with Gasteiger partial charge in [0.2, 0.25) is 0 Å². The fourth-order valence-corrected chi connectivity index (χ4v) is 2.14. The van der Waals surface area contributed by atoms with E-state index in [1.807, 2.05) is 10.7 Å². The van der Waals surface area contributed by atoms with Gasteiger partial charge in [0.05, 0.1) is 5.69 Å². The van der Waals surface area contributed by atoms with Gasteiger partial charge in [-0.15, -0.1) is 0 Å². The molecule has 0 saturated heterocycles. The largest absolute Gasteiger partial charge is 0.366 e. The van der Waals surface area contributed by atoms with Crippen LogP contribution in [0.3, 0.4) is 0 Å². The quantitative estimate of drug-likeness (QED) is 0.912. The third kappa shape index (κ3) is 3.06. The minimum atomic E-state index is 0.0539. The molecular weight excluding hydrogens is 236 g/mol. The Morgan fingerprint density at radius 3 is 2.74 bits per heavy atom. The average molecular weight is 260 g/mol. The van der Waals surface area contributed by atoms with Gasteiger partial charge in [0, 0.05) is 23.9 Å². The average Bonchev–Trinajstić information content (AvgIpc) is 2.74. The van der Waals surface area contributed by atoms with Gasteiger partial charge in [-0.3, -0.25) is 0 Å². The molecule has 0 aromatic carbocycles. The monoisotopic (exact) mass is 260 g/mol. The number of hydrogen-bond donors (Lipinski definition) is 1. The van der Waals surface area contributed by atoms with Crippen LogP contribution < -0.4 is 5.32 Å². The summed E-state index contributed by atoms with van der Waals surface area (Å²) in [4.78, 5) is 4.45. The van der Waals surface area contributed by atoms with Crippen molar-refractivity contribution < 1.29 is 0 Å². The molecule has 0 aliphatic rings. The lowest BCUT2D eigenvalue weighted by molar-refractivity contribution is 0.562. The normalized spacial score (nSPS) is 13.7. The van der Waals surface area contributed by atoms with Crippen LogP contribution in [-0.4, -0.2) is 20.6 Å². The van der Waals surface area contributed by atoms with E-state index in [4.69, 9.17) is 0 Å². The zero-order valence-corrected chi connectivity index (χ0v) is 12.6. The summed E-state index contributed by atoms with van der Waals surface area (Å²) in [5.74, 6) is 0.923. The first kappa shape index (κ1) is 13.8. The van der Waals surface area contributed by atoms with E-state index >= 15 is 0 Å². The summed E-state index contributed by atoms with van der Waals surface area (Å²) < 4.78 is 1.91. The molecule has 2 rings (SSSR count). The highest BCUT2D eigenvalue weighted by Crippen LogP contribution is 2.24. The number of hydrogen-bond acceptors (Lipinski definition) is 3. The Morgan fingerprint density at radius 2 is 2.11 bits per heavy atom. The van der Waals surface area contributed by atoms with Gasteiger partial charge in [0.25, 0.3) is 0 Å². The van der Waals surface area contributed by atoms with Crippen LogP contribution in [0.15, 0.2) is 18.5 Å². The fraction of sp³-hybridized carbons (Fsp3) is 0.600. The van der Waals surface area contributed by atoms with E-state index in [-0.39, 0.29) is 5.41 Å². The Morgan fingerprint density at radius 1 is 1.37 bits per heavy atom. The van der Waals surface area contributed by atoms with E-state index in [2.05, 4.69) is 56.1 Å². The van der Waals surface area contributed by atoms with E-state index in [0.29, 0.717) is 6.04 Å².